The summed E-state index contributed by atoms with van der Waals surface area (Å²) in [6, 6.07) is 18.5. The smallest absolute Gasteiger partial charge is 0.416 e. The molecule has 0 aliphatic rings. The second kappa shape index (κ2) is 11.1. The van der Waals surface area contributed by atoms with Crippen molar-refractivity contribution in [2.24, 2.45) is 0 Å². The van der Waals surface area contributed by atoms with Gasteiger partial charge in [-0.15, -0.1) is 0 Å². The number of alkyl halides is 3. The van der Waals surface area contributed by atoms with Crippen molar-refractivity contribution >= 4 is 6.09 Å². The van der Waals surface area contributed by atoms with Gasteiger partial charge in [-0.25, -0.2) is 4.79 Å². The van der Waals surface area contributed by atoms with Gasteiger partial charge in [-0.1, -0.05) is 49.4 Å². The molecule has 1 amide bonds. The number of hydrogen-bond acceptors (Lipinski definition) is 3. The summed E-state index contributed by atoms with van der Waals surface area (Å²) in [5, 5.41) is 0. The molecule has 0 spiro atoms. The third-order valence-electron chi connectivity index (χ3n) is 5.60. The fourth-order valence-electron chi connectivity index (χ4n) is 3.67. The van der Waals surface area contributed by atoms with Crippen LogP contribution in [0.1, 0.15) is 36.1 Å². The van der Waals surface area contributed by atoms with Crippen LogP contribution in [-0.4, -0.2) is 24.6 Å². The van der Waals surface area contributed by atoms with E-state index in [-0.39, 0.29) is 19.7 Å². The Hall–Kier alpha value is -3.48. The lowest BCUT2D eigenvalue weighted by Crippen LogP contribution is -2.31. The molecule has 34 heavy (non-hydrogen) atoms. The second-order valence-corrected chi connectivity index (χ2v) is 7.81. The Morgan fingerprint density at radius 3 is 2.26 bits per heavy atom. The molecule has 0 N–H and O–H groups in total. The maximum Gasteiger partial charge on any atom is 0.416 e. The first kappa shape index (κ1) is 25.1. The van der Waals surface area contributed by atoms with E-state index in [1.54, 1.807) is 13.0 Å². The molecule has 0 fully saturated rings. The Bertz CT molecular complexity index is 1110. The molecule has 7 heteroatoms. The maximum absolute atomic E-state index is 13.5. The summed E-state index contributed by atoms with van der Waals surface area (Å²) in [4.78, 5) is 14.1. The highest BCUT2D eigenvalue weighted by Crippen LogP contribution is 2.38. The standard InChI is InChI=1S/C27H28F3NO3/c1-4-19-11-14-25(33-3)24(15-19)23-13-12-22(27(28,29)30)16-21(23)17-31(5-2)26(32)34-18-20-9-7-6-8-10-20/h6-16H,4-5,17-18H2,1-3H3. The summed E-state index contributed by atoms with van der Waals surface area (Å²) >= 11 is 0. The Labute approximate surface area is 197 Å². The number of methoxy groups -OCH3 is 1. The highest BCUT2D eigenvalue weighted by atomic mass is 19.4. The molecule has 0 saturated heterocycles. The van der Waals surface area contributed by atoms with Gasteiger partial charge in [0, 0.05) is 18.7 Å². The molecule has 3 rings (SSSR count). The van der Waals surface area contributed by atoms with Crippen molar-refractivity contribution in [1.29, 1.82) is 0 Å². The molecule has 0 bridgehead atoms. The maximum atomic E-state index is 13.5. The summed E-state index contributed by atoms with van der Waals surface area (Å²) in [6.45, 7) is 4.08. The zero-order valence-corrected chi connectivity index (χ0v) is 19.5. The van der Waals surface area contributed by atoms with Crippen LogP contribution in [0.15, 0.2) is 66.7 Å². The van der Waals surface area contributed by atoms with Crippen LogP contribution in [0.25, 0.3) is 11.1 Å². The fraction of sp³-hybridized carbons (Fsp3) is 0.296. The number of rotatable bonds is 8. The van der Waals surface area contributed by atoms with E-state index in [0.717, 1.165) is 29.7 Å². The second-order valence-electron chi connectivity index (χ2n) is 7.81. The van der Waals surface area contributed by atoms with E-state index in [4.69, 9.17) is 9.47 Å². The van der Waals surface area contributed by atoms with Gasteiger partial charge in [-0.3, -0.25) is 0 Å². The largest absolute Gasteiger partial charge is 0.496 e. The Morgan fingerprint density at radius 2 is 1.65 bits per heavy atom. The van der Waals surface area contributed by atoms with Gasteiger partial charge in [0.2, 0.25) is 0 Å². The van der Waals surface area contributed by atoms with Crippen LogP contribution in [0, 0.1) is 0 Å². The molecular weight excluding hydrogens is 443 g/mol. The quantitative estimate of drug-likeness (QED) is 0.352. The van der Waals surface area contributed by atoms with E-state index in [1.165, 1.54) is 18.1 Å². The van der Waals surface area contributed by atoms with Crippen molar-refractivity contribution in [2.75, 3.05) is 13.7 Å². The highest BCUT2D eigenvalue weighted by Gasteiger charge is 2.31. The van der Waals surface area contributed by atoms with Crippen molar-refractivity contribution in [3.63, 3.8) is 0 Å². The number of carbonyl (C=O) groups excluding carboxylic acids is 1. The molecule has 0 saturated carbocycles. The minimum absolute atomic E-state index is 0.0388. The van der Waals surface area contributed by atoms with Gasteiger partial charge >= 0.3 is 12.3 Å². The average molecular weight is 472 g/mol. The van der Waals surface area contributed by atoms with Crippen molar-refractivity contribution in [3.05, 3.63) is 89.0 Å². The highest BCUT2D eigenvalue weighted by molar-refractivity contribution is 5.75. The van der Waals surface area contributed by atoms with Gasteiger partial charge in [0.1, 0.15) is 12.4 Å². The van der Waals surface area contributed by atoms with Crippen molar-refractivity contribution in [3.8, 4) is 16.9 Å². The fourth-order valence-corrected chi connectivity index (χ4v) is 3.67. The summed E-state index contributed by atoms with van der Waals surface area (Å²) in [7, 11) is 1.52. The van der Waals surface area contributed by atoms with Crippen LogP contribution in [-0.2, 0) is 30.5 Å². The van der Waals surface area contributed by atoms with Gasteiger partial charge in [0.15, 0.2) is 0 Å². The molecule has 180 valence electrons. The third kappa shape index (κ3) is 6.10. The lowest BCUT2D eigenvalue weighted by molar-refractivity contribution is -0.137. The monoisotopic (exact) mass is 471 g/mol. The Morgan fingerprint density at radius 1 is 0.912 bits per heavy atom. The van der Waals surface area contributed by atoms with Gasteiger partial charge < -0.3 is 14.4 Å². The molecule has 0 atom stereocenters. The summed E-state index contributed by atoms with van der Waals surface area (Å²) in [5.74, 6) is 0.549. The molecule has 4 nitrogen and oxygen atoms in total. The van der Waals surface area contributed by atoms with Gasteiger partial charge in [-0.2, -0.15) is 13.2 Å². The van der Waals surface area contributed by atoms with Gasteiger partial charge in [0.05, 0.1) is 12.7 Å². The number of ether oxygens (including phenoxy) is 2. The number of carbonyl (C=O) groups is 1. The molecule has 3 aromatic carbocycles. The molecule has 0 aromatic heterocycles. The molecule has 0 unspecified atom stereocenters. The van der Waals surface area contributed by atoms with Crippen LogP contribution < -0.4 is 4.74 Å². The lowest BCUT2D eigenvalue weighted by Gasteiger charge is -2.23. The van der Waals surface area contributed by atoms with Crippen LogP contribution in [0.5, 0.6) is 5.75 Å². The number of amides is 1. The van der Waals surface area contributed by atoms with E-state index < -0.39 is 17.8 Å². The van der Waals surface area contributed by atoms with E-state index in [2.05, 4.69) is 0 Å². The molecule has 0 heterocycles. The van der Waals surface area contributed by atoms with E-state index >= 15 is 0 Å². The Balaban J connectivity index is 1.97. The summed E-state index contributed by atoms with van der Waals surface area (Å²) in [5.41, 5.74) is 2.70. The lowest BCUT2D eigenvalue weighted by atomic mass is 9.94. The number of hydrogen-bond donors (Lipinski definition) is 0. The van der Waals surface area contributed by atoms with E-state index in [0.29, 0.717) is 22.4 Å². The van der Waals surface area contributed by atoms with Crippen LogP contribution in [0.2, 0.25) is 0 Å². The van der Waals surface area contributed by atoms with Crippen LogP contribution in [0.4, 0.5) is 18.0 Å². The number of aryl methyl sites for hydroxylation is 1. The molecular formula is C27H28F3NO3. The van der Waals surface area contributed by atoms with Crippen molar-refractivity contribution in [2.45, 2.75) is 39.6 Å². The number of nitrogens with zero attached hydrogens (tertiary/aromatic N) is 1. The van der Waals surface area contributed by atoms with Crippen molar-refractivity contribution in [1.82, 2.24) is 4.90 Å². The first-order valence-corrected chi connectivity index (χ1v) is 11.1. The molecule has 3 aromatic rings. The third-order valence-corrected chi connectivity index (χ3v) is 5.60. The minimum Gasteiger partial charge on any atom is -0.496 e. The normalized spacial score (nSPS) is 11.2. The zero-order valence-electron chi connectivity index (χ0n) is 19.5. The average Bonchev–Trinajstić information content (AvgIpc) is 2.85. The van der Waals surface area contributed by atoms with Gasteiger partial charge in [-0.05, 0) is 59.9 Å². The van der Waals surface area contributed by atoms with Gasteiger partial charge in [0.25, 0.3) is 0 Å². The van der Waals surface area contributed by atoms with Crippen molar-refractivity contribution < 1.29 is 27.4 Å². The predicted molar refractivity (Wildman–Crippen MR) is 126 cm³/mol. The number of benzene rings is 3. The first-order chi connectivity index (χ1) is 16.3. The SMILES string of the molecule is CCc1ccc(OC)c(-c2ccc(C(F)(F)F)cc2CN(CC)C(=O)OCc2ccccc2)c1. The van der Waals surface area contributed by atoms with E-state index in [1.807, 2.05) is 49.4 Å². The predicted octanol–water partition coefficient (Wildman–Crippen LogP) is 7.10. The zero-order chi connectivity index (χ0) is 24.7. The summed E-state index contributed by atoms with van der Waals surface area (Å²) < 4.78 is 51.5. The van der Waals surface area contributed by atoms with Crippen LogP contribution >= 0.6 is 0 Å². The molecule has 0 aliphatic carbocycles. The minimum atomic E-state index is -4.51. The molecule has 0 aliphatic heterocycles. The topological polar surface area (TPSA) is 38.8 Å². The summed E-state index contributed by atoms with van der Waals surface area (Å²) in [6.07, 6.45) is -4.34. The first-order valence-electron chi connectivity index (χ1n) is 11.1. The Kier molecular flexibility index (Phi) is 8.21. The van der Waals surface area contributed by atoms with Crippen LogP contribution in [0.3, 0.4) is 0 Å². The molecule has 0 radical (unpaired) electrons. The number of halogens is 3. The van der Waals surface area contributed by atoms with E-state index in [9.17, 15) is 18.0 Å².